The number of piperidine rings is 3. The first kappa shape index (κ1) is 13.6. The van der Waals surface area contributed by atoms with E-state index in [0.29, 0.717) is 23.4 Å². The van der Waals surface area contributed by atoms with Crippen LogP contribution in [0, 0.1) is 11.7 Å². The van der Waals surface area contributed by atoms with Crippen molar-refractivity contribution in [3.8, 4) is 0 Å². The number of aromatic nitrogens is 1. The van der Waals surface area contributed by atoms with E-state index in [-0.39, 0.29) is 18.2 Å². The summed E-state index contributed by atoms with van der Waals surface area (Å²) in [6.45, 7) is 3.46. The van der Waals surface area contributed by atoms with Crippen LogP contribution in [-0.4, -0.2) is 35.7 Å². The van der Waals surface area contributed by atoms with Gasteiger partial charge in [0.1, 0.15) is 5.82 Å². The molecule has 0 amide bonds. The largest absolute Gasteiger partial charge is 0.362 e. The Hall–Kier alpha value is -1.33. The second kappa shape index (κ2) is 5.22. The lowest BCUT2D eigenvalue weighted by atomic mass is 9.84. The number of hydrogen-bond acceptors (Lipinski definition) is 4. The highest BCUT2D eigenvalue weighted by atomic mass is 35.5. The highest BCUT2D eigenvalue weighted by Gasteiger charge is 2.34. The molecule has 5 rings (SSSR count). The Balaban J connectivity index is 0.00000121. The van der Waals surface area contributed by atoms with E-state index in [1.165, 1.54) is 38.1 Å². The lowest BCUT2D eigenvalue weighted by Gasteiger charge is -2.44. The maximum Gasteiger partial charge on any atom is 0.177 e. The fourth-order valence-corrected chi connectivity index (χ4v) is 3.32. The molecule has 0 saturated carbocycles. The normalized spacial score (nSPS) is 28.4. The lowest BCUT2D eigenvalue weighted by Crippen LogP contribution is -2.53. The number of halogens is 2. The number of rotatable bonds is 2. The lowest BCUT2D eigenvalue weighted by molar-refractivity contribution is 0.0973. The summed E-state index contributed by atoms with van der Waals surface area (Å²) in [5.41, 5.74) is 0.630. The third-order valence-corrected chi connectivity index (χ3v) is 4.41. The van der Waals surface area contributed by atoms with Crippen molar-refractivity contribution in [3.05, 3.63) is 24.0 Å². The molecular formula is C14H17ClFN3O. The topological polar surface area (TPSA) is 41.3 Å². The van der Waals surface area contributed by atoms with Crippen molar-refractivity contribution in [2.75, 3.05) is 25.0 Å². The molecule has 0 aliphatic carbocycles. The van der Waals surface area contributed by atoms with Crippen molar-refractivity contribution in [3.63, 3.8) is 0 Å². The third kappa shape index (κ3) is 2.25. The number of nitrogens with one attached hydrogen (secondary N) is 1. The molecule has 1 N–H and O–H groups in total. The predicted molar refractivity (Wildman–Crippen MR) is 77.8 cm³/mol. The maximum absolute atomic E-state index is 13.3. The first-order chi connectivity index (χ1) is 9.29. The van der Waals surface area contributed by atoms with E-state index in [4.69, 9.17) is 4.52 Å². The van der Waals surface area contributed by atoms with E-state index in [1.807, 2.05) is 0 Å². The van der Waals surface area contributed by atoms with Crippen molar-refractivity contribution < 1.29 is 8.91 Å². The minimum absolute atomic E-state index is 0. The smallest absolute Gasteiger partial charge is 0.177 e. The van der Waals surface area contributed by atoms with Gasteiger partial charge in [0.2, 0.25) is 0 Å². The van der Waals surface area contributed by atoms with E-state index < -0.39 is 0 Å². The number of hydrogen-bond donors (Lipinski definition) is 1. The molecule has 2 bridgehead atoms. The van der Waals surface area contributed by atoms with Crippen LogP contribution in [0.1, 0.15) is 12.8 Å². The molecular weight excluding hydrogens is 281 g/mol. The summed E-state index contributed by atoms with van der Waals surface area (Å²) in [5, 5.41) is 8.22. The highest BCUT2D eigenvalue weighted by Crippen LogP contribution is 2.31. The number of anilines is 1. The Bertz CT molecular complexity index is 609. The van der Waals surface area contributed by atoms with Gasteiger partial charge in [-0.3, -0.25) is 0 Å². The van der Waals surface area contributed by atoms with Gasteiger partial charge in [0.05, 0.1) is 5.39 Å². The minimum Gasteiger partial charge on any atom is -0.362 e. The zero-order valence-corrected chi connectivity index (χ0v) is 11.8. The summed E-state index contributed by atoms with van der Waals surface area (Å²) in [5.74, 6) is 1.12. The average molecular weight is 298 g/mol. The summed E-state index contributed by atoms with van der Waals surface area (Å²) in [6.07, 6.45) is 2.48. The molecule has 1 aromatic carbocycles. The molecule has 0 spiro atoms. The molecule has 3 aliphatic rings. The second-order valence-electron chi connectivity index (χ2n) is 5.56. The van der Waals surface area contributed by atoms with E-state index in [0.717, 1.165) is 11.9 Å². The van der Waals surface area contributed by atoms with Gasteiger partial charge in [-0.25, -0.2) is 4.39 Å². The fourth-order valence-electron chi connectivity index (χ4n) is 3.32. The molecule has 1 atom stereocenters. The molecule has 6 heteroatoms. The van der Waals surface area contributed by atoms with Gasteiger partial charge in [0.25, 0.3) is 0 Å². The molecule has 0 unspecified atom stereocenters. The SMILES string of the molecule is Cl.Fc1ccc2onc(N[C@@H]3CN4CCC3CC4)c2c1. The molecule has 20 heavy (non-hydrogen) atoms. The van der Waals surface area contributed by atoms with Crippen LogP contribution in [0.3, 0.4) is 0 Å². The van der Waals surface area contributed by atoms with Crippen molar-refractivity contribution in [2.45, 2.75) is 18.9 Å². The van der Waals surface area contributed by atoms with Crippen LogP contribution in [0.15, 0.2) is 22.7 Å². The quantitative estimate of drug-likeness (QED) is 0.925. The van der Waals surface area contributed by atoms with Crippen LogP contribution in [-0.2, 0) is 0 Å². The summed E-state index contributed by atoms with van der Waals surface area (Å²) in [7, 11) is 0. The molecule has 108 valence electrons. The summed E-state index contributed by atoms with van der Waals surface area (Å²) < 4.78 is 18.6. The second-order valence-corrected chi connectivity index (χ2v) is 5.56. The molecule has 3 aliphatic heterocycles. The third-order valence-electron chi connectivity index (χ3n) is 4.41. The van der Waals surface area contributed by atoms with Crippen molar-refractivity contribution in [1.29, 1.82) is 0 Å². The fraction of sp³-hybridized carbons (Fsp3) is 0.500. The van der Waals surface area contributed by atoms with Gasteiger partial charge in [-0.2, -0.15) is 0 Å². The molecule has 3 saturated heterocycles. The average Bonchev–Trinajstić information content (AvgIpc) is 2.83. The molecule has 2 aromatic rings. The van der Waals surface area contributed by atoms with E-state index in [2.05, 4.69) is 15.4 Å². The van der Waals surface area contributed by atoms with Crippen molar-refractivity contribution >= 4 is 29.2 Å². The molecule has 3 fully saturated rings. The van der Waals surface area contributed by atoms with Crippen LogP contribution < -0.4 is 5.32 Å². The first-order valence-electron chi connectivity index (χ1n) is 6.83. The van der Waals surface area contributed by atoms with Crippen molar-refractivity contribution in [2.24, 2.45) is 5.92 Å². The standard InChI is InChI=1S/C14H16FN3O.ClH/c15-10-1-2-13-11(7-10)14(17-19-13)16-12-8-18-5-3-9(12)4-6-18;/h1-2,7,9,12H,3-6,8H2,(H,16,17);1H/t12-;/m1./s1. The van der Waals surface area contributed by atoms with Gasteiger partial charge in [-0.1, -0.05) is 5.16 Å². The van der Waals surface area contributed by atoms with Gasteiger partial charge in [-0.05, 0) is 50.0 Å². The Kier molecular flexibility index (Phi) is 3.56. The summed E-state index contributed by atoms with van der Waals surface area (Å²) in [4.78, 5) is 2.47. The Morgan fingerprint density at radius 3 is 2.80 bits per heavy atom. The van der Waals surface area contributed by atoms with Gasteiger partial charge in [-0.15, -0.1) is 12.4 Å². The predicted octanol–water partition coefficient (Wildman–Crippen LogP) is 2.89. The van der Waals surface area contributed by atoms with E-state index in [9.17, 15) is 4.39 Å². The molecule has 1 aromatic heterocycles. The van der Waals surface area contributed by atoms with Crippen LogP contribution in [0.2, 0.25) is 0 Å². The van der Waals surface area contributed by atoms with Crippen molar-refractivity contribution in [1.82, 2.24) is 10.1 Å². The maximum atomic E-state index is 13.3. The van der Waals surface area contributed by atoms with Crippen LogP contribution in [0.4, 0.5) is 10.2 Å². The molecule has 4 nitrogen and oxygen atoms in total. The first-order valence-corrected chi connectivity index (χ1v) is 6.83. The zero-order chi connectivity index (χ0) is 12.8. The van der Waals surface area contributed by atoms with E-state index >= 15 is 0 Å². The van der Waals surface area contributed by atoms with Gasteiger partial charge in [0, 0.05) is 12.6 Å². The number of benzene rings is 1. The van der Waals surface area contributed by atoms with Gasteiger partial charge < -0.3 is 14.7 Å². The van der Waals surface area contributed by atoms with Gasteiger partial charge >= 0.3 is 0 Å². The number of nitrogens with zero attached hydrogens (tertiary/aromatic N) is 2. The molecule has 4 heterocycles. The summed E-state index contributed by atoms with van der Waals surface area (Å²) in [6, 6.07) is 4.90. The van der Waals surface area contributed by atoms with Crippen LogP contribution in [0.25, 0.3) is 11.0 Å². The minimum atomic E-state index is -0.257. The number of fused-ring (bicyclic) bond motifs is 4. The Morgan fingerprint density at radius 1 is 1.30 bits per heavy atom. The monoisotopic (exact) mass is 297 g/mol. The molecule has 0 radical (unpaired) electrons. The van der Waals surface area contributed by atoms with Crippen LogP contribution in [0.5, 0.6) is 0 Å². The Morgan fingerprint density at radius 2 is 2.10 bits per heavy atom. The summed E-state index contributed by atoms with van der Waals surface area (Å²) >= 11 is 0. The van der Waals surface area contributed by atoms with E-state index in [1.54, 1.807) is 6.07 Å². The highest BCUT2D eigenvalue weighted by molar-refractivity contribution is 5.88. The zero-order valence-electron chi connectivity index (χ0n) is 11.0. The van der Waals surface area contributed by atoms with Gasteiger partial charge in [0.15, 0.2) is 11.4 Å². The van der Waals surface area contributed by atoms with Crippen LogP contribution >= 0.6 is 12.4 Å². The Labute approximate surface area is 122 Å².